The van der Waals surface area contributed by atoms with Gasteiger partial charge < -0.3 is 14.6 Å². The number of aromatic nitrogens is 2. The van der Waals surface area contributed by atoms with Gasteiger partial charge in [0.1, 0.15) is 0 Å². The van der Waals surface area contributed by atoms with Gasteiger partial charge in [0.15, 0.2) is 0 Å². The summed E-state index contributed by atoms with van der Waals surface area (Å²) in [5.41, 5.74) is 0. The first-order valence-corrected chi connectivity index (χ1v) is 7.52. The van der Waals surface area contributed by atoms with Crippen molar-refractivity contribution in [3.05, 3.63) is 5.89 Å². The Labute approximate surface area is 114 Å². The van der Waals surface area contributed by atoms with Crippen LogP contribution in [0.25, 0.3) is 0 Å². The lowest BCUT2D eigenvalue weighted by molar-refractivity contribution is 0.309. The lowest BCUT2D eigenvalue weighted by atomic mass is 9.85. The third-order valence-electron chi connectivity index (χ3n) is 4.44. The zero-order chi connectivity index (χ0) is 13.2. The van der Waals surface area contributed by atoms with Crippen molar-refractivity contribution >= 4 is 6.01 Å². The molecule has 106 valence electrons. The molecule has 3 rings (SSSR count). The molecule has 0 saturated heterocycles. The van der Waals surface area contributed by atoms with Gasteiger partial charge in [-0.1, -0.05) is 24.9 Å². The van der Waals surface area contributed by atoms with Gasteiger partial charge >= 0.3 is 6.01 Å². The first-order valence-electron chi connectivity index (χ1n) is 7.52. The van der Waals surface area contributed by atoms with Crippen molar-refractivity contribution in [2.75, 3.05) is 11.9 Å². The Hall–Kier alpha value is -1.10. The third kappa shape index (κ3) is 3.08. The first-order chi connectivity index (χ1) is 9.24. The van der Waals surface area contributed by atoms with Crippen LogP contribution < -0.4 is 10.2 Å². The van der Waals surface area contributed by atoms with E-state index in [0.29, 0.717) is 36.5 Å². The first kappa shape index (κ1) is 12.9. The molecule has 2 saturated carbocycles. The van der Waals surface area contributed by atoms with E-state index < -0.39 is 0 Å². The highest BCUT2D eigenvalue weighted by atomic mass is 16.4. The van der Waals surface area contributed by atoms with E-state index in [0.717, 1.165) is 0 Å². The van der Waals surface area contributed by atoms with Gasteiger partial charge in [-0.05, 0) is 31.6 Å². The Balaban J connectivity index is 1.60. The van der Waals surface area contributed by atoms with Crippen LogP contribution >= 0.6 is 0 Å². The molecule has 0 spiro atoms. The number of hydrogen-bond acceptors (Lipinski definition) is 5. The van der Waals surface area contributed by atoms with Crippen molar-refractivity contribution in [1.82, 2.24) is 15.5 Å². The topological polar surface area (TPSA) is 54.2 Å². The molecule has 0 aromatic carbocycles. The van der Waals surface area contributed by atoms with Crippen LogP contribution in [-0.4, -0.2) is 29.3 Å². The highest BCUT2D eigenvalue weighted by Crippen LogP contribution is 2.29. The van der Waals surface area contributed by atoms with E-state index in [1.807, 2.05) is 0 Å². The molecule has 19 heavy (non-hydrogen) atoms. The number of anilines is 1. The molecule has 5 heteroatoms. The normalized spacial score (nSPS) is 27.5. The monoisotopic (exact) mass is 264 g/mol. The zero-order valence-corrected chi connectivity index (χ0v) is 11.9. The molecule has 2 unspecified atom stereocenters. The number of nitrogens with zero attached hydrogens (tertiary/aromatic N) is 3. The minimum absolute atomic E-state index is 0.540. The fourth-order valence-corrected chi connectivity index (χ4v) is 2.99. The van der Waals surface area contributed by atoms with Gasteiger partial charge in [-0.15, -0.1) is 5.10 Å². The van der Waals surface area contributed by atoms with Crippen LogP contribution in [0.5, 0.6) is 0 Å². The molecule has 2 aliphatic carbocycles. The number of rotatable bonds is 5. The summed E-state index contributed by atoms with van der Waals surface area (Å²) in [5.74, 6) is 1.41. The molecule has 1 N–H and O–H groups in total. The van der Waals surface area contributed by atoms with Crippen molar-refractivity contribution < 1.29 is 4.42 Å². The summed E-state index contributed by atoms with van der Waals surface area (Å²) in [7, 11) is 2.08. The lowest BCUT2D eigenvalue weighted by Gasteiger charge is -2.35. The maximum absolute atomic E-state index is 5.77. The fraction of sp³-hybridized carbons (Fsp3) is 0.857. The maximum atomic E-state index is 5.77. The Kier molecular flexibility index (Phi) is 3.73. The molecule has 0 amide bonds. The third-order valence-corrected chi connectivity index (χ3v) is 4.44. The Morgan fingerprint density at radius 2 is 2.00 bits per heavy atom. The van der Waals surface area contributed by atoms with Crippen molar-refractivity contribution in [2.45, 2.75) is 64.1 Å². The molecular formula is C14H24N4O. The van der Waals surface area contributed by atoms with Crippen LogP contribution in [0.4, 0.5) is 6.01 Å². The summed E-state index contributed by atoms with van der Waals surface area (Å²) in [6.07, 6.45) is 7.76. The van der Waals surface area contributed by atoms with Crippen LogP contribution in [0.1, 0.15) is 51.3 Å². The summed E-state index contributed by atoms with van der Waals surface area (Å²) in [5, 5.41) is 11.7. The van der Waals surface area contributed by atoms with E-state index in [-0.39, 0.29) is 0 Å². The van der Waals surface area contributed by atoms with E-state index in [1.165, 1.54) is 38.5 Å². The molecule has 2 fully saturated rings. The van der Waals surface area contributed by atoms with Gasteiger partial charge in [0.2, 0.25) is 5.89 Å². The van der Waals surface area contributed by atoms with Crippen LogP contribution in [0.15, 0.2) is 4.42 Å². The fourth-order valence-electron chi connectivity index (χ4n) is 2.99. The number of hydrogen-bond donors (Lipinski definition) is 1. The van der Waals surface area contributed by atoms with Crippen LogP contribution in [-0.2, 0) is 6.54 Å². The average Bonchev–Trinajstić information content (AvgIpc) is 3.13. The second-order valence-corrected chi connectivity index (χ2v) is 6.07. The molecular weight excluding hydrogens is 240 g/mol. The van der Waals surface area contributed by atoms with Crippen molar-refractivity contribution in [1.29, 1.82) is 0 Å². The lowest BCUT2D eigenvalue weighted by Crippen LogP contribution is -2.39. The molecule has 2 aliphatic rings. The van der Waals surface area contributed by atoms with E-state index in [2.05, 4.69) is 34.4 Å². The van der Waals surface area contributed by atoms with Crippen molar-refractivity contribution in [3.63, 3.8) is 0 Å². The summed E-state index contributed by atoms with van der Waals surface area (Å²) in [6.45, 7) is 3.03. The van der Waals surface area contributed by atoms with E-state index >= 15 is 0 Å². The van der Waals surface area contributed by atoms with Crippen LogP contribution in [0.2, 0.25) is 0 Å². The highest BCUT2D eigenvalue weighted by molar-refractivity contribution is 5.25. The zero-order valence-electron chi connectivity index (χ0n) is 11.9. The second-order valence-electron chi connectivity index (χ2n) is 6.07. The van der Waals surface area contributed by atoms with E-state index in [1.54, 1.807) is 0 Å². The summed E-state index contributed by atoms with van der Waals surface area (Å²) >= 11 is 0. The van der Waals surface area contributed by atoms with Crippen molar-refractivity contribution in [2.24, 2.45) is 5.92 Å². The Morgan fingerprint density at radius 3 is 2.74 bits per heavy atom. The van der Waals surface area contributed by atoms with Gasteiger partial charge in [-0.25, -0.2) is 0 Å². The van der Waals surface area contributed by atoms with Gasteiger partial charge in [0.25, 0.3) is 0 Å². The molecule has 1 aromatic rings. The summed E-state index contributed by atoms with van der Waals surface area (Å²) in [4.78, 5) is 2.18. The highest BCUT2D eigenvalue weighted by Gasteiger charge is 2.28. The standard InChI is InChI=1S/C14H24N4O/c1-10-5-3-4-6-12(10)18(2)14-17-16-13(19-14)9-15-11-7-8-11/h10-12,15H,3-9H2,1-2H3. The molecule has 0 radical (unpaired) electrons. The predicted octanol–water partition coefficient (Wildman–Crippen LogP) is 2.34. The largest absolute Gasteiger partial charge is 0.407 e. The van der Waals surface area contributed by atoms with Gasteiger partial charge in [-0.3, -0.25) is 0 Å². The predicted molar refractivity (Wildman–Crippen MR) is 74.0 cm³/mol. The quantitative estimate of drug-likeness (QED) is 0.884. The van der Waals surface area contributed by atoms with Gasteiger partial charge in [0, 0.05) is 19.1 Å². The smallest absolute Gasteiger partial charge is 0.318 e. The summed E-state index contributed by atoms with van der Waals surface area (Å²) in [6, 6.07) is 1.89. The molecule has 1 aromatic heterocycles. The Bertz CT molecular complexity index is 415. The SMILES string of the molecule is CC1CCCCC1N(C)c1nnc(CNC2CC2)o1. The molecule has 2 atom stereocenters. The minimum Gasteiger partial charge on any atom is -0.407 e. The van der Waals surface area contributed by atoms with Crippen LogP contribution in [0.3, 0.4) is 0 Å². The van der Waals surface area contributed by atoms with Crippen LogP contribution in [0, 0.1) is 5.92 Å². The van der Waals surface area contributed by atoms with Gasteiger partial charge in [0.05, 0.1) is 6.54 Å². The second kappa shape index (κ2) is 5.49. The van der Waals surface area contributed by atoms with Gasteiger partial charge in [-0.2, -0.15) is 0 Å². The molecule has 1 heterocycles. The Morgan fingerprint density at radius 1 is 1.21 bits per heavy atom. The maximum Gasteiger partial charge on any atom is 0.318 e. The molecule has 0 bridgehead atoms. The molecule has 0 aliphatic heterocycles. The molecule has 5 nitrogen and oxygen atoms in total. The van der Waals surface area contributed by atoms with E-state index in [9.17, 15) is 0 Å². The van der Waals surface area contributed by atoms with Crippen molar-refractivity contribution in [3.8, 4) is 0 Å². The van der Waals surface area contributed by atoms with E-state index in [4.69, 9.17) is 4.42 Å². The average molecular weight is 264 g/mol. The minimum atomic E-state index is 0.540. The number of nitrogens with one attached hydrogen (secondary N) is 1. The summed E-state index contributed by atoms with van der Waals surface area (Å²) < 4.78 is 5.77.